The van der Waals surface area contributed by atoms with Gasteiger partial charge in [-0.25, -0.2) is 0 Å². The Morgan fingerprint density at radius 2 is 0.762 bits per heavy atom. The van der Waals surface area contributed by atoms with Crippen LogP contribution in [0.15, 0.2) is 0 Å². The van der Waals surface area contributed by atoms with E-state index < -0.39 is 20.7 Å². The Balaban J connectivity index is 4.77. The van der Waals surface area contributed by atoms with E-state index in [-0.39, 0.29) is 23.6 Å². The molecular formula is C52H105AsN6O4. The SMILES string of the molecule is CCCCCCCCCCCCNC(=O)CCNCC[As](CCC(=O)NCCCCCCCCCCCC)CCN(CCC(=O)NCCCCCCCCCCCC)C(C)C(N)=O. The summed E-state index contributed by atoms with van der Waals surface area (Å²) >= 11 is -1.49. The molecule has 0 aliphatic heterocycles. The minimum atomic E-state index is -1.49. The Hall–Kier alpha value is -1.64. The molecule has 10 nitrogen and oxygen atoms in total. The van der Waals surface area contributed by atoms with Crippen molar-refractivity contribution in [2.45, 2.75) is 261 Å². The Kier molecular flexibility index (Phi) is 47.0. The van der Waals surface area contributed by atoms with E-state index in [9.17, 15) is 19.2 Å². The van der Waals surface area contributed by atoms with Crippen LogP contribution in [-0.2, 0) is 19.2 Å². The monoisotopic (exact) mass is 953 g/mol. The van der Waals surface area contributed by atoms with Gasteiger partial charge < -0.3 is 0 Å². The van der Waals surface area contributed by atoms with Crippen LogP contribution in [0.4, 0.5) is 0 Å². The fourth-order valence-corrected chi connectivity index (χ4v) is 12.8. The van der Waals surface area contributed by atoms with Crippen molar-refractivity contribution < 1.29 is 19.2 Å². The molecule has 0 rings (SSSR count). The molecule has 0 aliphatic rings. The molecule has 0 saturated heterocycles. The molecule has 0 aromatic heterocycles. The summed E-state index contributed by atoms with van der Waals surface area (Å²) in [6.07, 6.45) is 39.7. The normalized spacial score (nSPS) is 12.4. The average Bonchev–Trinajstić information content (AvgIpc) is 3.27. The van der Waals surface area contributed by atoms with Gasteiger partial charge >= 0.3 is 279 Å². The van der Waals surface area contributed by atoms with E-state index in [4.69, 9.17) is 5.73 Å². The predicted octanol–water partition coefficient (Wildman–Crippen LogP) is 11.5. The third-order valence-corrected chi connectivity index (χ3v) is 18.0. The quantitative estimate of drug-likeness (QED) is 0.0303. The minimum absolute atomic E-state index is 0.0258. The first kappa shape index (κ1) is 61.4. The molecule has 2 atom stereocenters. The standard InChI is InChI=1S/C52H105AsN6O4/c1-5-8-11-14-17-20-23-26-29-32-41-56-49(60)35-38-53(39-45-55-44-36-50(61)57-42-33-30-27-24-21-18-15-12-9-6-2)40-47-59(48(4)52(54)63)46-37-51(62)58-43-34-31-28-25-22-19-16-13-10-7-3/h48,55H,5-47H2,1-4H3,(H2,54,63)(H,56,60)(H,57,61)(H,58,62). The second kappa shape index (κ2) is 48.3. The number of nitrogens with two attached hydrogens (primary N) is 1. The number of primary amides is 1. The van der Waals surface area contributed by atoms with Gasteiger partial charge in [-0.15, -0.1) is 0 Å². The zero-order valence-corrected chi connectivity index (χ0v) is 44.0. The fourth-order valence-electron chi connectivity index (χ4n) is 8.14. The number of nitrogens with zero attached hydrogens (tertiary/aromatic N) is 1. The summed E-state index contributed by atoms with van der Waals surface area (Å²) in [5.74, 6) is -0.105. The molecule has 0 fully saturated rings. The second-order valence-electron chi connectivity index (χ2n) is 18.6. The molecule has 0 aromatic rings. The summed E-state index contributed by atoms with van der Waals surface area (Å²) in [6.45, 7) is 13.5. The molecule has 0 saturated carbocycles. The maximum absolute atomic E-state index is 12.9. The van der Waals surface area contributed by atoms with E-state index in [1.165, 1.54) is 167 Å². The topological polar surface area (TPSA) is 146 Å². The number of carbonyl (C=O) groups is 4. The van der Waals surface area contributed by atoms with Gasteiger partial charge in [0, 0.05) is 0 Å². The van der Waals surface area contributed by atoms with Gasteiger partial charge in [0.15, 0.2) is 0 Å². The van der Waals surface area contributed by atoms with Crippen molar-refractivity contribution >= 4 is 38.3 Å². The molecule has 0 heterocycles. The summed E-state index contributed by atoms with van der Waals surface area (Å²) in [5.41, 5.74) is 5.79. The second-order valence-corrected chi connectivity index (χ2v) is 24.2. The van der Waals surface area contributed by atoms with E-state index in [1.54, 1.807) is 0 Å². The van der Waals surface area contributed by atoms with E-state index in [0.717, 1.165) is 60.9 Å². The van der Waals surface area contributed by atoms with E-state index >= 15 is 0 Å². The average molecular weight is 953 g/mol. The Bertz CT molecular complexity index is 1050. The van der Waals surface area contributed by atoms with Gasteiger partial charge in [0.2, 0.25) is 0 Å². The van der Waals surface area contributed by atoms with E-state index in [2.05, 4.69) is 46.9 Å². The van der Waals surface area contributed by atoms with Crippen molar-refractivity contribution in [3.05, 3.63) is 0 Å². The van der Waals surface area contributed by atoms with Crippen molar-refractivity contribution in [2.75, 3.05) is 45.8 Å². The first-order chi connectivity index (χ1) is 30.7. The molecule has 2 unspecified atom stereocenters. The van der Waals surface area contributed by atoms with Gasteiger partial charge in [-0.05, 0) is 0 Å². The first-order valence-electron chi connectivity index (χ1n) is 27.0. The van der Waals surface area contributed by atoms with Crippen LogP contribution in [0.1, 0.15) is 240 Å². The van der Waals surface area contributed by atoms with Crippen LogP contribution in [0, 0.1) is 0 Å². The maximum atomic E-state index is 12.9. The van der Waals surface area contributed by atoms with Crippen molar-refractivity contribution in [2.24, 2.45) is 5.73 Å². The number of hydrogen-bond acceptors (Lipinski definition) is 6. The van der Waals surface area contributed by atoms with Crippen LogP contribution < -0.4 is 27.0 Å². The Morgan fingerprint density at radius 1 is 0.413 bits per heavy atom. The van der Waals surface area contributed by atoms with Crippen LogP contribution >= 0.6 is 0 Å². The summed E-state index contributed by atoms with van der Waals surface area (Å²) < 4.78 is 0. The predicted molar refractivity (Wildman–Crippen MR) is 272 cm³/mol. The van der Waals surface area contributed by atoms with Crippen LogP contribution in [0.25, 0.3) is 0 Å². The first-order valence-corrected chi connectivity index (χ1v) is 31.0. The van der Waals surface area contributed by atoms with Gasteiger partial charge in [0.25, 0.3) is 0 Å². The molecule has 372 valence electrons. The van der Waals surface area contributed by atoms with E-state index in [1.807, 2.05) is 6.92 Å². The van der Waals surface area contributed by atoms with Crippen LogP contribution in [0.5, 0.6) is 0 Å². The van der Waals surface area contributed by atoms with Gasteiger partial charge in [-0.1, -0.05) is 117 Å². The molecule has 0 bridgehead atoms. The van der Waals surface area contributed by atoms with Gasteiger partial charge in [0.05, 0.1) is 0 Å². The van der Waals surface area contributed by atoms with Crippen LogP contribution in [0.3, 0.4) is 0 Å². The van der Waals surface area contributed by atoms with Gasteiger partial charge in [0.1, 0.15) is 0 Å². The van der Waals surface area contributed by atoms with Crippen LogP contribution in [0.2, 0.25) is 15.6 Å². The molecule has 63 heavy (non-hydrogen) atoms. The molecule has 0 aromatic carbocycles. The zero-order valence-electron chi connectivity index (χ0n) is 42.1. The fraction of sp³-hybridized carbons (Fsp3) is 0.923. The zero-order chi connectivity index (χ0) is 46.3. The number of carbonyl (C=O) groups excluding carboxylic acids is 4. The third-order valence-electron chi connectivity index (χ3n) is 12.6. The van der Waals surface area contributed by atoms with Crippen molar-refractivity contribution in [1.82, 2.24) is 26.2 Å². The number of unbranched alkanes of at least 4 members (excludes halogenated alkanes) is 27. The number of rotatable bonds is 50. The molecule has 0 spiro atoms. The van der Waals surface area contributed by atoms with Gasteiger partial charge in [-0.3, -0.25) is 0 Å². The van der Waals surface area contributed by atoms with E-state index in [0.29, 0.717) is 45.4 Å². The molecule has 0 radical (unpaired) electrons. The number of hydrogen-bond donors (Lipinski definition) is 5. The molecule has 4 amide bonds. The molecule has 0 aliphatic carbocycles. The van der Waals surface area contributed by atoms with Gasteiger partial charge in [-0.2, -0.15) is 0 Å². The molecule has 6 N–H and O–H groups in total. The summed E-state index contributed by atoms with van der Waals surface area (Å²) in [6, 6.07) is -0.461. The molecule has 11 heteroatoms. The van der Waals surface area contributed by atoms with Crippen molar-refractivity contribution in [1.29, 1.82) is 0 Å². The van der Waals surface area contributed by atoms with Crippen LogP contribution in [-0.4, -0.2) is 95.0 Å². The number of amides is 4. The number of nitrogens with one attached hydrogen (secondary N) is 4. The summed E-state index contributed by atoms with van der Waals surface area (Å²) in [7, 11) is 0. The van der Waals surface area contributed by atoms with Crippen molar-refractivity contribution in [3.63, 3.8) is 0 Å². The van der Waals surface area contributed by atoms with Crippen molar-refractivity contribution in [3.8, 4) is 0 Å². The Labute approximate surface area is 394 Å². The Morgan fingerprint density at radius 3 is 1.14 bits per heavy atom. The third kappa shape index (κ3) is 44.0. The molecular weight excluding hydrogens is 848 g/mol. The summed E-state index contributed by atoms with van der Waals surface area (Å²) in [4.78, 5) is 52.7. The summed E-state index contributed by atoms with van der Waals surface area (Å²) in [5, 5.41) is 15.7.